The van der Waals surface area contributed by atoms with E-state index >= 15 is 0 Å². The summed E-state index contributed by atoms with van der Waals surface area (Å²) in [5, 5.41) is 10.6. The SMILES string of the molecule is C=CCOc1ncc(F)c(N(O)Cc2ccccc2)n1. The van der Waals surface area contributed by atoms with E-state index in [1.165, 1.54) is 6.08 Å². The number of rotatable bonds is 6. The van der Waals surface area contributed by atoms with E-state index in [0.29, 0.717) is 5.06 Å². The standard InChI is InChI=1S/C14H14FN3O2/c1-2-8-20-14-16-9-12(15)13(17-14)18(19)10-11-6-4-3-5-7-11/h2-7,9,19H,1,8,10H2. The lowest BCUT2D eigenvalue weighted by molar-refractivity contribution is 0.239. The van der Waals surface area contributed by atoms with E-state index in [1.807, 2.05) is 30.3 Å². The Morgan fingerprint density at radius 3 is 2.80 bits per heavy atom. The second kappa shape index (κ2) is 6.63. The molecule has 20 heavy (non-hydrogen) atoms. The maximum atomic E-state index is 13.6. The van der Waals surface area contributed by atoms with Gasteiger partial charge in [-0.05, 0) is 5.56 Å². The molecule has 104 valence electrons. The second-order valence-electron chi connectivity index (χ2n) is 3.97. The van der Waals surface area contributed by atoms with Gasteiger partial charge in [-0.1, -0.05) is 43.0 Å². The molecule has 0 bridgehead atoms. The lowest BCUT2D eigenvalue weighted by atomic mass is 10.2. The number of benzene rings is 1. The van der Waals surface area contributed by atoms with Crippen LogP contribution in [0.1, 0.15) is 5.56 Å². The van der Waals surface area contributed by atoms with Crippen molar-refractivity contribution in [2.75, 3.05) is 11.7 Å². The number of ether oxygens (including phenoxy) is 1. The molecule has 1 heterocycles. The highest BCUT2D eigenvalue weighted by Crippen LogP contribution is 2.18. The maximum absolute atomic E-state index is 13.6. The van der Waals surface area contributed by atoms with Gasteiger partial charge in [-0.2, -0.15) is 4.98 Å². The Morgan fingerprint density at radius 2 is 2.10 bits per heavy atom. The summed E-state index contributed by atoms with van der Waals surface area (Å²) in [6, 6.07) is 9.14. The van der Waals surface area contributed by atoms with Crippen LogP contribution in [-0.4, -0.2) is 21.8 Å². The van der Waals surface area contributed by atoms with Crippen molar-refractivity contribution in [2.45, 2.75) is 6.54 Å². The minimum atomic E-state index is -0.727. The van der Waals surface area contributed by atoms with Gasteiger partial charge in [-0.3, -0.25) is 5.21 Å². The first-order valence-electron chi connectivity index (χ1n) is 5.97. The molecule has 5 nitrogen and oxygen atoms in total. The predicted molar refractivity (Wildman–Crippen MR) is 72.1 cm³/mol. The van der Waals surface area contributed by atoms with Crippen molar-refractivity contribution in [2.24, 2.45) is 0 Å². The highest BCUT2D eigenvalue weighted by molar-refractivity contribution is 5.37. The fraction of sp³-hybridized carbons (Fsp3) is 0.143. The highest BCUT2D eigenvalue weighted by atomic mass is 19.1. The van der Waals surface area contributed by atoms with Gasteiger partial charge in [0.05, 0.1) is 12.7 Å². The van der Waals surface area contributed by atoms with Crippen molar-refractivity contribution >= 4 is 5.82 Å². The summed E-state index contributed by atoms with van der Waals surface area (Å²) < 4.78 is 18.7. The zero-order chi connectivity index (χ0) is 14.4. The molecule has 2 aromatic rings. The minimum absolute atomic E-state index is 0.0200. The number of halogens is 1. The lowest BCUT2D eigenvalue weighted by Gasteiger charge is -2.16. The fourth-order valence-corrected chi connectivity index (χ4v) is 1.56. The largest absolute Gasteiger partial charge is 0.459 e. The third-order valence-electron chi connectivity index (χ3n) is 2.45. The van der Waals surface area contributed by atoms with Crippen molar-refractivity contribution in [3.8, 4) is 6.01 Å². The molecule has 0 aliphatic carbocycles. The summed E-state index contributed by atoms with van der Waals surface area (Å²) in [4.78, 5) is 7.50. The maximum Gasteiger partial charge on any atom is 0.318 e. The van der Waals surface area contributed by atoms with Crippen molar-refractivity contribution in [3.63, 3.8) is 0 Å². The van der Waals surface area contributed by atoms with Gasteiger partial charge in [0.25, 0.3) is 0 Å². The monoisotopic (exact) mass is 275 g/mol. The first-order chi connectivity index (χ1) is 9.70. The number of nitrogens with zero attached hydrogens (tertiary/aromatic N) is 3. The van der Waals surface area contributed by atoms with Crippen LogP contribution < -0.4 is 9.80 Å². The average Bonchev–Trinajstić information content (AvgIpc) is 2.47. The van der Waals surface area contributed by atoms with E-state index in [-0.39, 0.29) is 25.0 Å². The van der Waals surface area contributed by atoms with Crippen LogP contribution >= 0.6 is 0 Å². The Labute approximate surface area is 115 Å². The molecule has 0 amide bonds. The fourth-order valence-electron chi connectivity index (χ4n) is 1.56. The van der Waals surface area contributed by atoms with Crippen LogP contribution in [0.5, 0.6) is 6.01 Å². The van der Waals surface area contributed by atoms with Crippen LogP contribution in [0.4, 0.5) is 10.2 Å². The zero-order valence-corrected chi connectivity index (χ0v) is 10.7. The average molecular weight is 275 g/mol. The molecule has 1 aromatic carbocycles. The van der Waals surface area contributed by atoms with Crippen molar-refractivity contribution in [1.82, 2.24) is 9.97 Å². The van der Waals surface area contributed by atoms with Crippen LogP contribution in [0.3, 0.4) is 0 Å². The summed E-state index contributed by atoms with van der Waals surface area (Å²) in [7, 11) is 0. The zero-order valence-electron chi connectivity index (χ0n) is 10.7. The third-order valence-corrected chi connectivity index (χ3v) is 2.45. The number of anilines is 1. The third kappa shape index (κ3) is 3.52. The molecule has 0 spiro atoms. The van der Waals surface area contributed by atoms with Gasteiger partial charge >= 0.3 is 6.01 Å². The molecule has 0 unspecified atom stereocenters. The molecule has 1 aromatic heterocycles. The summed E-state index contributed by atoms with van der Waals surface area (Å²) >= 11 is 0. The number of hydroxylamine groups is 1. The van der Waals surface area contributed by atoms with Gasteiger partial charge in [-0.25, -0.2) is 14.4 Å². The Morgan fingerprint density at radius 1 is 1.35 bits per heavy atom. The molecule has 1 N–H and O–H groups in total. The summed E-state index contributed by atoms with van der Waals surface area (Å²) in [5.41, 5.74) is 0.821. The van der Waals surface area contributed by atoms with E-state index in [4.69, 9.17) is 4.74 Å². The number of aromatic nitrogens is 2. The van der Waals surface area contributed by atoms with Gasteiger partial charge < -0.3 is 4.74 Å². The van der Waals surface area contributed by atoms with Crippen molar-refractivity contribution < 1.29 is 14.3 Å². The van der Waals surface area contributed by atoms with E-state index < -0.39 is 5.82 Å². The normalized spacial score (nSPS) is 10.1. The smallest absolute Gasteiger partial charge is 0.318 e. The first-order valence-corrected chi connectivity index (χ1v) is 5.97. The summed E-state index contributed by atoms with van der Waals surface area (Å²) in [6.07, 6.45) is 2.47. The molecule has 2 rings (SSSR count). The molecule has 0 fully saturated rings. The van der Waals surface area contributed by atoms with Gasteiger partial charge in [-0.15, -0.1) is 0 Å². The molecule has 0 aliphatic heterocycles. The first kappa shape index (κ1) is 14.0. The van der Waals surface area contributed by atoms with Crippen molar-refractivity contribution in [3.05, 3.63) is 60.6 Å². The van der Waals surface area contributed by atoms with E-state index in [1.54, 1.807) is 0 Å². The Hall–Kier alpha value is -2.47. The quantitative estimate of drug-likeness (QED) is 0.648. The lowest BCUT2D eigenvalue weighted by Crippen LogP contribution is -2.20. The molecule has 6 heteroatoms. The van der Waals surface area contributed by atoms with E-state index in [9.17, 15) is 9.60 Å². The molecule has 0 radical (unpaired) electrons. The van der Waals surface area contributed by atoms with Gasteiger partial charge in [0.1, 0.15) is 6.61 Å². The Balaban J connectivity index is 2.15. The molecular weight excluding hydrogens is 261 g/mol. The topological polar surface area (TPSA) is 58.5 Å². The van der Waals surface area contributed by atoms with Gasteiger partial charge in [0.15, 0.2) is 11.6 Å². The van der Waals surface area contributed by atoms with E-state index in [0.717, 1.165) is 11.8 Å². The Bertz CT molecular complexity index is 578. The van der Waals surface area contributed by atoms with E-state index in [2.05, 4.69) is 16.5 Å². The van der Waals surface area contributed by atoms with Crippen LogP contribution in [-0.2, 0) is 6.54 Å². The molecule has 0 saturated heterocycles. The highest BCUT2D eigenvalue weighted by Gasteiger charge is 2.14. The Kier molecular flexibility index (Phi) is 4.62. The van der Waals surface area contributed by atoms with Crippen LogP contribution in [0.15, 0.2) is 49.2 Å². The minimum Gasteiger partial charge on any atom is -0.459 e. The van der Waals surface area contributed by atoms with Crippen LogP contribution in [0.2, 0.25) is 0 Å². The molecule has 0 atom stereocenters. The van der Waals surface area contributed by atoms with Crippen LogP contribution in [0, 0.1) is 5.82 Å². The van der Waals surface area contributed by atoms with Gasteiger partial charge in [0.2, 0.25) is 0 Å². The van der Waals surface area contributed by atoms with Crippen molar-refractivity contribution in [1.29, 1.82) is 0 Å². The summed E-state index contributed by atoms with van der Waals surface area (Å²) in [5.74, 6) is -0.961. The molecule has 0 aliphatic rings. The second-order valence-corrected chi connectivity index (χ2v) is 3.97. The number of hydrogen-bond donors (Lipinski definition) is 1. The molecule has 0 saturated carbocycles. The summed E-state index contributed by atoms with van der Waals surface area (Å²) in [6.45, 7) is 3.80. The van der Waals surface area contributed by atoms with Crippen LogP contribution in [0.25, 0.3) is 0 Å². The number of hydrogen-bond acceptors (Lipinski definition) is 5. The van der Waals surface area contributed by atoms with Gasteiger partial charge in [0, 0.05) is 0 Å². The molecular formula is C14H14FN3O2. The predicted octanol–water partition coefficient (Wildman–Crippen LogP) is 2.58.